The zero-order valence-corrected chi connectivity index (χ0v) is 14.3. The number of nitrogens with one attached hydrogen (secondary N) is 1. The minimum absolute atomic E-state index is 0.0546. The highest BCUT2D eigenvalue weighted by atomic mass is 16.2. The van der Waals surface area contributed by atoms with Crippen LogP contribution in [0.2, 0.25) is 0 Å². The molecule has 1 saturated heterocycles. The molecule has 6 nitrogen and oxygen atoms in total. The molecule has 1 aromatic carbocycles. The van der Waals surface area contributed by atoms with Crippen LogP contribution in [-0.4, -0.2) is 32.1 Å². The van der Waals surface area contributed by atoms with Crippen molar-refractivity contribution < 1.29 is 4.79 Å². The van der Waals surface area contributed by atoms with Gasteiger partial charge in [0.15, 0.2) is 0 Å². The molecular formula is C20H20N4O2. The Labute approximate surface area is 151 Å². The molecule has 3 aromatic rings. The maximum atomic E-state index is 13.1. The van der Waals surface area contributed by atoms with Gasteiger partial charge in [-0.15, -0.1) is 0 Å². The Morgan fingerprint density at radius 2 is 1.88 bits per heavy atom. The third kappa shape index (κ3) is 3.06. The Morgan fingerprint density at radius 3 is 2.65 bits per heavy atom. The van der Waals surface area contributed by atoms with Crippen molar-refractivity contribution in [2.24, 2.45) is 0 Å². The van der Waals surface area contributed by atoms with Gasteiger partial charge in [-0.2, -0.15) is 0 Å². The number of piperidine rings is 1. The first-order chi connectivity index (χ1) is 12.7. The van der Waals surface area contributed by atoms with E-state index in [1.165, 1.54) is 10.7 Å². The number of carbonyl (C=O) groups excluding carboxylic acids is 1. The molecule has 0 saturated carbocycles. The molecule has 0 radical (unpaired) electrons. The average molecular weight is 348 g/mol. The van der Waals surface area contributed by atoms with E-state index in [1.54, 1.807) is 6.20 Å². The number of likely N-dealkylation sites (tertiary alicyclic amines) is 1. The molecule has 0 unspecified atom stereocenters. The SMILES string of the molecule is O=C(c1cc(=O)n(-c2ccccc2)[nH]1)N1CCCC[C@@H]1c1ccccn1. The van der Waals surface area contributed by atoms with E-state index in [0.717, 1.165) is 25.0 Å². The first-order valence-electron chi connectivity index (χ1n) is 8.83. The number of aromatic amines is 1. The maximum Gasteiger partial charge on any atom is 0.272 e. The number of aromatic nitrogens is 3. The van der Waals surface area contributed by atoms with Crippen molar-refractivity contribution in [1.82, 2.24) is 19.7 Å². The van der Waals surface area contributed by atoms with Crippen LogP contribution in [0.4, 0.5) is 0 Å². The second-order valence-corrected chi connectivity index (χ2v) is 6.44. The highest BCUT2D eigenvalue weighted by Gasteiger charge is 2.30. The van der Waals surface area contributed by atoms with E-state index in [4.69, 9.17) is 0 Å². The van der Waals surface area contributed by atoms with Crippen LogP contribution in [0.5, 0.6) is 0 Å². The van der Waals surface area contributed by atoms with Crippen molar-refractivity contribution >= 4 is 5.91 Å². The highest BCUT2D eigenvalue weighted by molar-refractivity contribution is 5.92. The van der Waals surface area contributed by atoms with E-state index in [9.17, 15) is 9.59 Å². The summed E-state index contributed by atoms with van der Waals surface area (Å²) < 4.78 is 1.40. The molecule has 0 bridgehead atoms. The van der Waals surface area contributed by atoms with Gasteiger partial charge in [0.25, 0.3) is 11.5 Å². The summed E-state index contributed by atoms with van der Waals surface area (Å²) in [5.74, 6) is -0.160. The Morgan fingerprint density at radius 1 is 1.08 bits per heavy atom. The number of pyridine rings is 1. The molecule has 1 N–H and O–H groups in total. The molecule has 6 heteroatoms. The Bertz CT molecular complexity index is 947. The summed E-state index contributed by atoms with van der Waals surface area (Å²) in [6.07, 6.45) is 4.65. The molecule has 3 heterocycles. The molecule has 1 fully saturated rings. The van der Waals surface area contributed by atoms with Crippen LogP contribution >= 0.6 is 0 Å². The van der Waals surface area contributed by atoms with Crippen molar-refractivity contribution in [2.75, 3.05) is 6.54 Å². The zero-order valence-electron chi connectivity index (χ0n) is 14.3. The lowest BCUT2D eigenvalue weighted by Crippen LogP contribution is -2.39. The third-order valence-electron chi connectivity index (χ3n) is 4.76. The molecule has 2 aromatic heterocycles. The average Bonchev–Trinajstić information content (AvgIpc) is 3.10. The van der Waals surface area contributed by atoms with Crippen molar-refractivity contribution in [3.63, 3.8) is 0 Å². The van der Waals surface area contributed by atoms with E-state index >= 15 is 0 Å². The summed E-state index contributed by atoms with van der Waals surface area (Å²) >= 11 is 0. The monoisotopic (exact) mass is 348 g/mol. The predicted molar refractivity (Wildman–Crippen MR) is 98.3 cm³/mol. The van der Waals surface area contributed by atoms with Crippen LogP contribution in [0.3, 0.4) is 0 Å². The van der Waals surface area contributed by atoms with Gasteiger partial charge in [0.2, 0.25) is 0 Å². The van der Waals surface area contributed by atoms with Gasteiger partial charge in [-0.25, -0.2) is 4.68 Å². The van der Waals surface area contributed by atoms with Crippen LogP contribution in [0.15, 0.2) is 65.6 Å². The van der Waals surface area contributed by atoms with E-state index in [-0.39, 0.29) is 17.5 Å². The van der Waals surface area contributed by atoms with E-state index < -0.39 is 0 Å². The van der Waals surface area contributed by atoms with Gasteiger partial charge >= 0.3 is 0 Å². The van der Waals surface area contributed by atoms with Gasteiger partial charge < -0.3 is 4.90 Å². The predicted octanol–water partition coefficient (Wildman–Crippen LogP) is 2.93. The number of amides is 1. The molecule has 26 heavy (non-hydrogen) atoms. The lowest BCUT2D eigenvalue weighted by molar-refractivity contribution is 0.0599. The largest absolute Gasteiger partial charge is 0.329 e. The minimum Gasteiger partial charge on any atom is -0.329 e. The highest BCUT2D eigenvalue weighted by Crippen LogP contribution is 2.30. The van der Waals surface area contributed by atoms with Crippen molar-refractivity contribution in [3.05, 3.63) is 82.5 Å². The quantitative estimate of drug-likeness (QED) is 0.791. The van der Waals surface area contributed by atoms with Crippen LogP contribution in [0, 0.1) is 0 Å². The summed E-state index contributed by atoms with van der Waals surface area (Å²) in [6.45, 7) is 0.665. The number of carbonyl (C=O) groups is 1. The number of nitrogens with zero attached hydrogens (tertiary/aromatic N) is 3. The number of H-pyrrole nitrogens is 1. The fraction of sp³-hybridized carbons (Fsp3) is 0.250. The summed E-state index contributed by atoms with van der Waals surface area (Å²) in [5, 5.41) is 2.96. The number of hydrogen-bond donors (Lipinski definition) is 1. The van der Waals surface area contributed by atoms with Crippen LogP contribution in [-0.2, 0) is 0 Å². The topological polar surface area (TPSA) is 71.0 Å². The minimum atomic E-state index is -0.244. The molecule has 1 amide bonds. The molecule has 1 aliphatic heterocycles. The first kappa shape index (κ1) is 16.3. The van der Waals surface area contributed by atoms with Crippen LogP contribution in [0.1, 0.15) is 41.5 Å². The van der Waals surface area contributed by atoms with Gasteiger partial charge in [-0.05, 0) is 43.5 Å². The van der Waals surface area contributed by atoms with Crippen molar-refractivity contribution in [2.45, 2.75) is 25.3 Å². The number of benzene rings is 1. The van der Waals surface area contributed by atoms with E-state index in [1.807, 2.05) is 53.4 Å². The first-order valence-corrected chi connectivity index (χ1v) is 8.83. The van der Waals surface area contributed by atoms with Gasteiger partial charge in [-0.3, -0.25) is 19.7 Å². The second-order valence-electron chi connectivity index (χ2n) is 6.44. The smallest absolute Gasteiger partial charge is 0.272 e. The Balaban J connectivity index is 1.65. The summed E-state index contributed by atoms with van der Waals surface area (Å²) in [6, 6.07) is 16.3. The summed E-state index contributed by atoms with van der Waals surface area (Å²) in [7, 11) is 0. The van der Waals surface area contributed by atoms with Crippen LogP contribution < -0.4 is 5.56 Å². The number of hydrogen-bond acceptors (Lipinski definition) is 3. The standard InChI is InChI=1S/C20H20N4O2/c25-19-14-17(22-24(19)15-8-2-1-3-9-15)20(26)23-13-7-5-11-18(23)16-10-4-6-12-21-16/h1-4,6,8-10,12,14,18,22H,5,7,11,13H2/t18-/m1/s1. The number of rotatable bonds is 3. The number of para-hydroxylation sites is 1. The molecular weight excluding hydrogens is 328 g/mol. The fourth-order valence-electron chi connectivity index (χ4n) is 3.48. The van der Waals surface area contributed by atoms with E-state index in [2.05, 4.69) is 10.1 Å². The van der Waals surface area contributed by atoms with Crippen molar-refractivity contribution in [3.8, 4) is 5.69 Å². The fourth-order valence-corrected chi connectivity index (χ4v) is 3.48. The maximum absolute atomic E-state index is 13.1. The van der Waals surface area contributed by atoms with Crippen LogP contribution in [0.25, 0.3) is 5.69 Å². The van der Waals surface area contributed by atoms with Gasteiger partial charge in [0.1, 0.15) is 5.69 Å². The van der Waals surface area contributed by atoms with Crippen molar-refractivity contribution in [1.29, 1.82) is 0 Å². The third-order valence-corrected chi connectivity index (χ3v) is 4.76. The van der Waals surface area contributed by atoms with Gasteiger partial charge in [0.05, 0.1) is 17.4 Å². The van der Waals surface area contributed by atoms with Gasteiger partial charge in [0, 0.05) is 18.8 Å². The molecule has 1 atom stereocenters. The molecule has 132 valence electrons. The lowest BCUT2D eigenvalue weighted by Gasteiger charge is -2.35. The molecule has 0 aliphatic carbocycles. The molecule has 0 spiro atoms. The summed E-state index contributed by atoms with van der Waals surface area (Å²) in [5.41, 5.74) is 1.66. The summed E-state index contributed by atoms with van der Waals surface area (Å²) in [4.78, 5) is 31.7. The molecule has 4 rings (SSSR count). The van der Waals surface area contributed by atoms with E-state index in [0.29, 0.717) is 17.9 Å². The second kappa shape index (κ2) is 7.00. The Kier molecular flexibility index (Phi) is 4.39. The molecule has 1 aliphatic rings. The zero-order chi connectivity index (χ0) is 17.9. The normalized spacial score (nSPS) is 17.2. The van der Waals surface area contributed by atoms with Gasteiger partial charge in [-0.1, -0.05) is 24.3 Å². The lowest BCUT2D eigenvalue weighted by atomic mass is 9.98. The Hall–Kier alpha value is -3.15.